The molecule has 0 amide bonds. The van der Waals surface area contributed by atoms with E-state index in [4.69, 9.17) is 14.2 Å². The minimum atomic E-state index is -1.84. The van der Waals surface area contributed by atoms with Gasteiger partial charge in [-0.2, -0.15) is 0 Å². The second-order valence-electron chi connectivity index (χ2n) is 11.1. The van der Waals surface area contributed by atoms with Gasteiger partial charge in [-0.1, -0.05) is 0 Å². The minimum Gasteiger partial charge on any atom is -0.544 e. The van der Waals surface area contributed by atoms with Crippen molar-refractivity contribution in [3.8, 4) is 11.5 Å². The van der Waals surface area contributed by atoms with Crippen LogP contribution in [0.15, 0.2) is 35.6 Å². The second-order valence-corrected chi connectivity index (χ2v) is 11.1. The number of carboxylic acids is 3. The van der Waals surface area contributed by atoms with Crippen LogP contribution in [0.25, 0.3) is 0 Å². The standard InChI is InChI=1S/C28H30N2O16/c31-17-7-15-11(5-16(25(39)40)30(15)2-1-10-3-13(23(35)36)29-14(4-10)24(37)38)6-18(17)45-28-22(34)21(33)20(32)19(46-28)9-44-27(42)12-8-43-26(12)41/h1,3,6-7,12,14,16,19-22,28-29,31-34H,2,4-5,8-9H2,(H,35,36)(H,37,38)(H,39,40)/t12-,14-,16+,19-,20-,21+,22-,28-/m1/s1. The van der Waals surface area contributed by atoms with E-state index in [0.717, 1.165) is 0 Å². The number of carbonyl (C=O) groups excluding carboxylic acids is 3. The number of aromatic hydroxyl groups is 1. The molecule has 5 rings (SSSR count). The number of carboxylic acid groups (broad SMARTS) is 3. The van der Waals surface area contributed by atoms with Crippen LogP contribution in [0.4, 0.5) is 5.69 Å². The van der Waals surface area contributed by atoms with Gasteiger partial charge in [0, 0.05) is 24.5 Å². The smallest absolute Gasteiger partial charge is 0.351 e. The number of rotatable bonds is 10. The number of carbonyl (C=O) groups is 5. The van der Waals surface area contributed by atoms with Crippen LogP contribution < -0.4 is 20.1 Å². The third-order valence-electron chi connectivity index (χ3n) is 8.13. The zero-order chi connectivity index (χ0) is 33.4. The first kappa shape index (κ1) is 32.6. The lowest BCUT2D eigenvalue weighted by Crippen LogP contribution is -3.11. The number of aliphatic hydroxyl groups is 3. The number of nitrogens with one attached hydrogen (secondary N) is 2. The van der Waals surface area contributed by atoms with E-state index < -0.39 is 90.9 Å². The molecular weight excluding hydrogens is 620 g/mol. The van der Waals surface area contributed by atoms with E-state index in [2.05, 4.69) is 10.1 Å². The molecule has 8 N–H and O–H groups in total. The molecule has 0 aromatic heterocycles. The van der Waals surface area contributed by atoms with Crippen molar-refractivity contribution in [1.82, 2.24) is 5.32 Å². The summed E-state index contributed by atoms with van der Waals surface area (Å²) in [6.07, 6.45) is -5.95. The third kappa shape index (κ3) is 6.46. The first-order valence-corrected chi connectivity index (χ1v) is 14.0. The van der Waals surface area contributed by atoms with Gasteiger partial charge in [-0.15, -0.1) is 0 Å². The molecular formula is C28H30N2O16. The molecule has 2 saturated heterocycles. The van der Waals surface area contributed by atoms with Gasteiger partial charge in [0.1, 0.15) is 73.6 Å². The Hall–Kier alpha value is -4.75. The van der Waals surface area contributed by atoms with Gasteiger partial charge >= 0.3 is 23.9 Å². The molecule has 4 heterocycles. The maximum absolute atomic E-state index is 12.0. The van der Waals surface area contributed by atoms with Crippen LogP contribution in [0.3, 0.4) is 0 Å². The molecule has 1 aromatic carbocycles. The summed E-state index contributed by atoms with van der Waals surface area (Å²) in [5, 5.41) is 75.1. The summed E-state index contributed by atoms with van der Waals surface area (Å²) in [6, 6.07) is 0.120. The fourth-order valence-corrected chi connectivity index (χ4v) is 5.54. The highest BCUT2D eigenvalue weighted by molar-refractivity contribution is 5.98. The normalized spacial score (nSPS) is 32.7. The van der Waals surface area contributed by atoms with Crippen LogP contribution in [0.5, 0.6) is 11.5 Å². The topological polar surface area (TPSA) is 283 Å². The number of benzene rings is 1. The SMILES string of the molecule is O=C(O)C1=CC(=CC[NH+]2c3cc(O)c(O[C@@H]4O[C@H](COC(=O)[C@@H]5COC5=O)[C@@H](O)[C@H](O)[C@H]4O)cc3C[C@H]2C(=O)[O-])C[C@H](C(=O)O)N1. The van der Waals surface area contributed by atoms with E-state index in [0.29, 0.717) is 21.7 Å². The second kappa shape index (κ2) is 12.9. The summed E-state index contributed by atoms with van der Waals surface area (Å²) >= 11 is 0. The van der Waals surface area contributed by atoms with Gasteiger partial charge in [0.25, 0.3) is 0 Å². The summed E-state index contributed by atoms with van der Waals surface area (Å²) < 4.78 is 20.6. The highest BCUT2D eigenvalue weighted by atomic mass is 16.7. The number of aliphatic carboxylic acids is 3. The van der Waals surface area contributed by atoms with Crippen molar-refractivity contribution in [2.75, 3.05) is 19.8 Å². The Morgan fingerprint density at radius 2 is 1.83 bits per heavy atom. The molecule has 2 fully saturated rings. The molecule has 0 spiro atoms. The molecule has 248 valence electrons. The fraction of sp³-hybridized carbons (Fsp3) is 0.464. The van der Waals surface area contributed by atoms with Crippen molar-refractivity contribution >= 4 is 35.5 Å². The predicted octanol–water partition coefficient (Wildman–Crippen LogP) is -5.17. The number of aliphatic hydroxyl groups excluding tert-OH is 3. The van der Waals surface area contributed by atoms with Crippen molar-refractivity contribution in [2.24, 2.45) is 5.92 Å². The van der Waals surface area contributed by atoms with Gasteiger partial charge in [-0.25, -0.2) is 9.59 Å². The van der Waals surface area contributed by atoms with Crippen LogP contribution >= 0.6 is 0 Å². The average Bonchev–Trinajstić information content (AvgIpc) is 3.35. The number of quaternary nitrogens is 1. The number of cyclic esters (lactones) is 1. The predicted molar refractivity (Wildman–Crippen MR) is 142 cm³/mol. The van der Waals surface area contributed by atoms with Crippen molar-refractivity contribution in [1.29, 1.82) is 0 Å². The molecule has 1 aromatic rings. The highest BCUT2D eigenvalue weighted by Gasteiger charge is 2.47. The Morgan fingerprint density at radius 3 is 2.43 bits per heavy atom. The van der Waals surface area contributed by atoms with E-state index >= 15 is 0 Å². The summed E-state index contributed by atoms with van der Waals surface area (Å²) in [5.41, 5.74) is 0.699. The van der Waals surface area contributed by atoms with Gasteiger partial charge in [0.05, 0.1) is 0 Å². The number of hydrogen-bond acceptors (Lipinski definition) is 15. The lowest BCUT2D eigenvalue weighted by Gasteiger charge is -2.40. The molecule has 46 heavy (non-hydrogen) atoms. The van der Waals surface area contributed by atoms with E-state index in [-0.39, 0.29) is 37.4 Å². The number of esters is 2. The third-order valence-corrected chi connectivity index (χ3v) is 8.13. The number of allylic oxidation sites excluding steroid dienone is 1. The van der Waals surface area contributed by atoms with Gasteiger partial charge < -0.3 is 64.8 Å². The molecule has 0 radical (unpaired) electrons. The summed E-state index contributed by atoms with van der Waals surface area (Å²) in [5.74, 6) is -7.73. The molecule has 9 atom stereocenters. The molecule has 4 aliphatic heterocycles. The van der Waals surface area contributed by atoms with Crippen molar-refractivity contribution in [2.45, 2.75) is 55.6 Å². The lowest BCUT2D eigenvalue weighted by atomic mass is 9.99. The Morgan fingerprint density at radius 1 is 1.09 bits per heavy atom. The average molecular weight is 651 g/mol. The van der Waals surface area contributed by atoms with Gasteiger partial charge in [0.2, 0.25) is 6.29 Å². The van der Waals surface area contributed by atoms with Crippen LogP contribution in [0, 0.1) is 5.92 Å². The molecule has 0 saturated carbocycles. The largest absolute Gasteiger partial charge is 0.544 e. The summed E-state index contributed by atoms with van der Waals surface area (Å²) in [7, 11) is 0. The van der Waals surface area contributed by atoms with Crippen LogP contribution in [-0.2, 0) is 44.6 Å². The van der Waals surface area contributed by atoms with Crippen molar-refractivity contribution < 1.29 is 83.6 Å². The quantitative estimate of drug-likeness (QED) is 0.0867. The van der Waals surface area contributed by atoms with Crippen molar-refractivity contribution in [3.05, 3.63) is 41.1 Å². The fourth-order valence-electron chi connectivity index (χ4n) is 5.54. The van der Waals surface area contributed by atoms with Crippen LogP contribution in [0.1, 0.15) is 12.0 Å². The number of fused-ring (bicyclic) bond motifs is 1. The number of ether oxygens (including phenoxy) is 4. The number of hydrogen-bond donors (Lipinski definition) is 8. The van der Waals surface area contributed by atoms with Gasteiger partial charge in [-0.05, 0) is 23.8 Å². The molecule has 0 aliphatic carbocycles. The number of phenols is 1. The lowest BCUT2D eigenvalue weighted by molar-refractivity contribution is -0.840. The Kier molecular flexibility index (Phi) is 9.17. The Balaban J connectivity index is 1.32. The van der Waals surface area contributed by atoms with Crippen LogP contribution in [-0.4, -0.2) is 123 Å². The Bertz CT molecular complexity index is 1510. The zero-order valence-corrected chi connectivity index (χ0v) is 23.7. The van der Waals surface area contributed by atoms with Gasteiger partial charge in [-0.3, -0.25) is 14.5 Å². The molecule has 0 bridgehead atoms. The monoisotopic (exact) mass is 650 g/mol. The summed E-state index contributed by atoms with van der Waals surface area (Å²) in [6.45, 7) is -0.849. The van der Waals surface area contributed by atoms with E-state index in [1.165, 1.54) is 24.3 Å². The first-order valence-electron chi connectivity index (χ1n) is 14.0. The zero-order valence-electron chi connectivity index (χ0n) is 23.7. The maximum atomic E-state index is 12.0. The molecule has 18 nitrogen and oxygen atoms in total. The van der Waals surface area contributed by atoms with Crippen LogP contribution in [0.2, 0.25) is 0 Å². The van der Waals surface area contributed by atoms with Crippen molar-refractivity contribution in [3.63, 3.8) is 0 Å². The van der Waals surface area contributed by atoms with E-state index in [9.17, 15) is 59.7 Å². The molecule has 4 aliphatic rings. The molecule has 18 heteroatoms. The minimum absolute atomic E-state index is 0.0517. The molecule has 1 unspecified atom stereocenters. The first-order chi connectivity index (χ1) is 21.7. The summed E-state index contributed by atoms with van der Waals surface area (Å²) in [4.78, 5) is 58.6. The highest BCUT2D eigenvalue weighted by Crippen LogP contribution is 2.36. The maximum Gasteiger partial charge on any atom is 0.351 e. The van der Waals surface area contributed by atoms with Gasteiger partial charge in [0.15, 0.2) is 17.4 Å². The number of phenolic OH excluding ortho intramolecular Hbond substituents is 1. The Labute approximate surface area is 258 Å². The van der Waals surface area contributed by atoms with E-state index in [1.807, 2.05) is 0 Å². The van der Waals surface area contributed by atoms with E-state index in [1.54, 1.807) is 0 Å².